The Bertz CT molecular complexity index is 1210. The molecule has 34 heavy (non-hydrogen) atoms. The first-order valence-electron chi connectivity index (χ1n) is 11.2. The third-order valence-electron chi connectivity index (χ3n) is 5.86. The molecule has 2 aromatic heterocycles. The number of amides is 1. The van der Waals surface area contributed by atoms with Crippen LogP contribution in [0.3, 0.4) is 0 Å². The Morgan fingerprint density at radius 2 is 1.85 bits per heavy atom. The van der Waals surface area contributed by atoms with E-state index in [4.69, 9.17) is 4.42 Å². The number of carbonyl (C=O) groups is 1. The molecule has 1 amide bonds. The average molecular weight is 504 g/mol. The van der Waals surface area contributed by atoms with Gasteiger partial charge >= 0.3 is 0 Å². The van der Waals surface area contributed by atoms with Gasteiger partial charge < -0.3 is 9.32 Å². The molecule has 182 valence electrons. The maximum Gasteiger partial charge on any atom is 0.233 e. The molecule has 4 rings (SSSR count). The Morgan fingerprint density at radius 1 is 1.15 bits per heavy atom. The number of thioether (sulfide) groups is 1. The van der Waals surface area contributed by atoms with Crippen molar-refractivity contribution in [3.05, 3.63) is 48.4 Å². The van der Waals surface area contributed by atoms with Gasteiger partial charge in [-0.15, -0.1) is 10.2 Å². The molecular formula is C23H29N5O4S2. The van der Waals surface area contributed by atoms with Gasteiger partial charge in [0, 0.05) is 23.3 Å². The number of sulfonamides is 1. The van der Waals surface area contributed by atoms with Crippen molar-refractivity contribution in [2.75, 3.05) is 16.7 Å². The monoisotopic (exact) mass is 503 g/mol. The minimum atomic E-state index is -3.36. The van der Waals surface area contributed by atoms with Gasteiger partial charge in [0.15, 0.2) is 11.0 Å². The van der Waals surface area contributed by atoms with Gasteiger partial charge in [0.1, 0.15) is 5.76 Å². The lowest BCUT2D eigenvalue weighted by Gasteiger charge is -2.39. The van der Waals surface area contributed by atoms with Gasteiger partial charge in [0.25, 0.3) is 0 Å². The number of hydrogen-bond donors (Lipinski definition) is 1. The maximum atomic E-state index is 13.0. The van der Waals surface area contributed by atoms with Gasteiger partial charge in [0.05, 0.1) is 24.8 Å². The highest BCUT2D eigenvalue weighted by Gasteiger charge is 2.29. The van der Waals surface area contributed by atoms with Crippen molar-refractivity contribution in [1.29, 1.82) is 0 Å². The summed E-state index contributed by atoms with van der Waals surface area (Å²) in [5, 5.41) is 9.36. The molecule has 0 saturated carbocycles. The van der Waals surface area contributed by atoms with E-state index >= 15 is 0 Å². The van der Waals surface area contributed by atoms with Crippen LogP contribution < -0.4 is 4.72 Å². The van der Waals surface area contributed by atoms with Crippen molar-refractivity contribution in [3.63, 3.8) is 0 Å². The number of anilines is 1. The van der Waals surface area contributed by atoms with Crippen LogP contribution in [0.4, 0.5) is 5.69 Å². The molecule has 1 aliphatic rings. The quantitative estimate of drug-likeness (QED) is 0.465. The van der Waals surface area contributed by atoms with Crippen molar-refractivity contribution in [1.82, 2.24) is 19.7 Å². The van der Waals surface area contributed by atoms with E-state index in [-0.39, 0.29) is 23.7 Å². The summed E-state index contributed by atoms with van der Waals surface area (Å²) in [7, 11) is -3.36. The minimum Gasteiger partial charge on any atom is -0.467 e. The van der Waals surface area contributed by atoms with E-state index in [9.17, 15) is 13.2 Å². The molecule has 3 heterocycles. The summed E-state index contributed by atoms with van der Waals surface area (Å²) in [6, 6.07) is 11.1. The molecule has 1 aliphatic heterocycles. The van der Waals surface area contributed by atoms with Crippen LogP contribution >= 0.6 is 11.8 Å². The Kier molecular flexibility index (Phi) is 7.32. The number of likely N-dealkylation sites (tertiary alicyclic amines) is 1. The van der Waals surface area contributed by atoms with Crippen molar-refractivity contribution in [3.8, 4) is 11.4 Å². The SMILES string of the molecule is C[C@@H]1CCC[C@H](C)N1C(=O)CSc1nnc(-c2ccc(NS(C)(=O)=O)cc2)n1Cc1ccco1. The molecule has 11 heteroatoms. The highest BCUT2D eigenvalue weighted by atomic mass is 32.2. The number of aromatic nitrogens is 3. The number of rotatable bonds is 8. The molecule has 0 bridgehead atoms. The van der Waals surface area contributed by atoms with Crippen LogP contribution in [-0.4, -0.2) is 58.1 Å². The lowest BCUT2D eigenvalue weighted by molar-refractivity contribution is -0.134. The van der Waals surface area contributed by atoms with Gasteiger partial charge in [-0.2, -0.15) is 0 Å². The van der Waals surface area contributed by atoms with Crippen molar-refractivity contribution < 1.29 is 17.6 Å². The molecule has 1 N–H and O–H groups in total. The van der Waals surface area contributed by atoms with E-state index in [1.807, 2.05) is 21.6 Å². The first-order valence-corrected chi connectivity index (χ1v) is 14.1. The van der Waals surface area contributed by atoms with Crippen LogP contribution in [0.1, 0.15) is 38.9 Å². The fourth-order valence-electron chi connectivity index (χ4n) is 4.33. The average Bonchev–Trinajstić information content (AvgIpc) is 3.42. The maximum absolute atomic E-state index is 13.0. The first-order chi connectivity index (χ1) is 16.2. The fraction of sp³-hybridized carbons (Fsp3) is 0.435. The fourth-order valence-corrected chi connectivity index (χ4v) is 5.70. The summed E-state index contributed by atoms with van der Waals surface area (Å²) in [5.41, 5.74) is 1.24. The van der Waals surface area contributed by atoms with Crippen molar-refractivity contribution in [2.45, 2.75) is 56.9 Å². The molecule has 0 spiro atoms. The van der Waals surface area contributed by atoms with E-state index in [1.54, 1.807) is 30.5 Å². The standard InChI is InChI=1S/C23H29N5O4S2/c1-16-6-4-7-17(2)28(16)21(29)15-33-23-25-24-22(27(23)14-20-8-5-13-32-20)18-9-11-19(12-10-18)26-34(3,30)31/h5,8-13,16-17,26H,4,6-7,14-15H2,1-3H3/t16-,17+. The van der Waals surface area contributed by atoms with Crippen molar-refractivity contribution >= 4 is 33.4 Å². The van der Waals surface area contributed by atoms with Crippen LogP contribution in [0.15, 0.2) is 52.2 Å². The zero-order valence-corrected chi connectivity index (χ0v) is 21.1. The van der Waals surface area contributed by atoms with E-state index < -0.39 is 10.0 Å². The van der Waals surface area contributed by atoms with E-state index in [0.717, 1.165) is 36.8 Å². The number of benzene rings is 1. The molecule has 1 saturated heterocycles. The Balaban J connectivity index is 1.56. The highest BCUT2D eigenvalue weighted by Crippen LogP contribution is 2.28. The lowest BCUT2D eigenvalue weighted by Crippen LogP contribution is -2.48. The number of piperidine rings is 1. The van der Waals surface area contributed by atoms with Crippen LogP contribution in [0, 0.1) is 0 Å². The van der Waals surface area contributed by atoms with Crippen LogP contribution in [0.2, 0.25) is 0 Å². The second-order valence-electron chi connectivity index (χ2n) is 8.64. The summed E-state index contributed by atoms with van der Waals surface area (Å²) in [5.74, 6) is 1.73. The summed E-state index contributed by atoms with van der Waals surface area (Å²) in [6.45, 7) is 4.63. The summed E-state index contributed by atoms with van der Waals surface area (Å²) < 4.78 is 32.9. The Morgan fingerprint density at radius 3 is 2.47 bits per heavy atom. The van der Waals surface area contributed by atoms with Gasteiger partial charge in [-0.1, -0.05) is 11.8 Å². The molecule has 2 atom stereocenters. The van der Waals surface area contributed by atoms with E-state index in [1.165, 1.54) is 11.8 Å². The first kappa shape index (κ1) is 24.3. The summed E-state index contributed by atoms with van der Waals surface area (Å²) in [4.78, 5) is 15.0. The topological polar surface area (TPSA) is 110 Å². The minimum absolute atomic E-state index is 0.106. The number of furan rings is 1. The molecule has 0 aliphatic carbocycles. The van der Waals surface area contributed by atoms with Gasteiger partial charge in [-0.05, 0) is 69.5 Å². The van der Waals surface area contributed by atoms with Gasteiger partial charge in [-0.25, -0.2) is 8.42 Å². The zero-order chi connectivity index (χ0) is 24.3. The van der Waals surface area contributed by atoms with Gasteiger partial charge in [-0.3, -0.25) is 14.1 Å². The second kappa shape index (κ2) is 10.2. The van der Waals surface area contributed by atoms with E-state index in [2.05, 4.69) is 28.8 Å². The second-order valence-corrected chi connectivity index (χ2v) is 11.3. The van der Waals surface area contributed by atoms with Crippen molar-refractivity contribution in [2.24, 2.45) is 0 Å². The predicted octanol–water partition coefficient (Wildman–Crippen LogP) is 3.84. The Hall–Kier alpha value is -2.79. The third-order valence-corrected chi connectivity index (χ3v) is 7.42. The summed E-state index contributed by atoms with van der Waals surface area (Å²) in [6.07, 6.45) is 5.93. The highest BCUT2D eigenvalue weighted by molar-refractivity contribution is 7.99. The molecule has 1 fully saturated rings. The molecule has 1 aromatic carbocycles. The summed E-state index contributed by atoms with van der Waals surface area (Å²) >= 11 is 1.37. The van der Waals surface area contributed by atoms with Crippen LogP contribution in [0.5, 0.6) is 0 Å². The lowest BCUT2D eigenvalue weighted by atomic mass is 9.98. The number of carbonyl (C=O) groups excluding carboxylic acids is 1. The molecule has 9 nitrogen and oxygen atoms in total. The molecule has 0 radical (unpaired) electrons. The Labute approximate surface area is 204 Å². The number of nitrogens with zero attached hydrogens (tertiary/aromatic N) is 4. The smallest absolute Gasteiger partial charge is 0.233 e. The zero-order valence-electron chi connectivity index (χ0n) is 19.5. The van der Waals surface area contributed by atoms with Crippen LogP contribution in [0.25, 0.3) is 11.4 Å². The predicted molar refractivity (Wildman–Crippen MR) is 132 cm³/mol. The largest absolute Gasteiger partial charge is 0.467 e. The van der Waals surface area contributed by atoms with Crippen LogP contribution in [-0.2, 0) is 21.4 Å². The molecule has 3 aromatic rings. The number of nitrogens with one attached hydrogen (secondary N) is 1. The number of hydrogen-bond acceptors (Lipinski definition) is 7. The molecular weight excluding hydrogens is 474 g/mol. The third kappa shape index (κ3) is 5.82. The van der Waals surface area contributed by atoms with Gasteiger partial charge in [0.2, 0.25) is 15.9 Å². The van der Waals surface area contributed by atoms with E-state index in [0.29, 0.717) is 23.2 Å². The normalized spacial score (nSPS) is 18.7. The molecule has 0 unspecified atom stereocenters.